The fourth-order valence-corrected chi connectivity index (χ4v) is 3.45. The third-order valence-corrected chi connectivity index (χ3v) is 4.95. The fourth-order valence-electron chi connectivity index (χ4n) is 3.45. The zero-order valence-corrected chi connectivity index (χ0v) is 17.1. The molecule has 1 aliphatic carbocycles. The second-order valence-corrected chi connectivity index (χ2v) is 8.05. The van der Waals surface area contributed by atoms with Gasteiger partial charge in [-0.15, -0.1) is 0 Å². The zero-order valence-electron chi connectivity index (χ0n) is 17.1. The summed E-state index contributed by atoms with van der Waals surface area (Å²) in [6.07, 6.45) is 8.47. The first-order chi connectivity index (χ1) is 12.4. The van der Waals surface area contributed by atoms with E-state index in [0.717, 1.165) is 37.2 Å². The highest BCUT2D eigenvalue weighted by molar-refractivity contribution is 5.79. The van der Waals surface area contributed by atoms with Gasteiger partial charge in [0.15, 0.2) is 5.96 Å². The van der Waals surface area contributed by atoms with Crippen LogP contribution in [0.25, 0.3) is 0 Å². The summed E-state index contributed by atoms with van der Waals surface area (Å²) in [6, 6.07) is 0. The molecule has 1 saturated carbocycles. The number of oxazole rings is 1. The molecule has 1 aromatic heterocycles. The maximum absolute atomic E-state index is 5.98. The van der Waals surface area contributed by atoms with Crippen LogP contribution in [0.3, 0.4) is 0 Å². The number of hydrogen-bond donors (Lipinski definition) is 2. The van der Waals surface area contributed by atoms with Crippen molar-refractivity contribution in [1.82, 2.24) is 15.6 Å². The van der Waals surface area contributed by atoms with Gasteiger partial charge in [0.1, 0.15) is 5.76 Å². The van der Waals surface area contributed by atoms with Gasteiger partial charge >= 0.3 is 0 Å². The lowest BCUT2D eigenvalue weighted by molar-refractivity contribution is 0.0169. The minimum atomic E-state index is -0.0281. The number of aliphatic imine (C=N–C) groups is 1. The molecule has 0 aromatic carbocycles. The number of guanidine groups is 1. The Bertz CT molecular complexity index is 556. The zero-order chi connectivity index (χ0) is 19.0. The molecule has 0 spiro atoms. The minimum Gasteiger partial charge on any atom is -0.443 e. The Hall–Kier alpha value is -1.56. The van der Waals surface area contributed by atoms with Crippen molar-refractivity contribution in [3.8, 4) is 0 Å². The Morgan fingerprint density at radius 1 is 1.35 bits per heavy atom. The number of aromatic nitrogens is 1. The summed E-state index contributed by atoms with van der Waals surface area (Å²) in [5.41, 5.74) is -0.0281. The highest BCUT2D eigenvalue weighted by Gasteiger charge is 2.25. The van der Waals surface area contributed by atoms with E-state index in [9.17, 15) is 0 Å². The van der Waals surface area contributed by atoms with Gasteiger partial charge in [0, 0.05) is 25.6 Å². The normalized spacial score (nSPS) is 17.5. The Balaban J connectivity index is 1.75. The molecule has 148 valence electrons. The summed E-state index contributed by atoms with van der Waals surface area (Å²) >= 11 is 0. The van der Waals surface area contributed by atoms with E-state index >= 15 is 0 Å². The van der Waals surface area contributed by atoms with Crippen molar-refractivity contribution in [2.24, 2.45) is 10.9 Å². The summed E-state index contributed by atoms with van der Waals surface area (Å²) in [6.45, 7) is 10.6. The molecule has 2 rings (SSSR count). The molecule has 0 bridgehead atoms. The fraction of sp³-hybridized carbons (Fsp3) is 0.800. The average molecular weight is 365 g/mol. The number of rotatable bonds is 8. The average Bonchev–Trinajstić information content (AvgIpc) is 3.28. The Kier molecular flexibility index (Phi) is 7.94. The van der Waals surface area contributed by atoms with Crippen LogP contribution in [-0.4, -0.2) is 37.2 Å². The van der Waals surface area contributed by atoms with Gasteiger partial charge in [0.05, 0.1) is 18.8 Å². The van der Waals surface area contributed by atoms with Crippen molar-refractivity contribution >= 4 is 5.96 Å². The van der Waals surface area contributed by atoms with Crippen LogP contribution in [0.1, 0.15) is 71.5 Å². The molecular formula is C20H36N4O2. The number of hydrogen-bond acceptors (Lipinski definition) is 4. The minimum absolute atomic E-state index is 0.0281. The molecule has 1 aliphatic rings. The monoisotopic (exact) mass is 364 g/mol. The number of nitrogens with zero attached hydrogens (tertiary/aromatic N) is 2. The Morgan fingerprint density at radius 3 is 2.65 bits per heavy atom. The molecule has 26 heavy (non-hydrogen) atoms. The van der Waals surface area contributed by atoms with Gasteiger partial charge in [-0.1, -0.05) is 33.6 Å². The Labute approximate surface area is 158 Å². The number of ether oxygens (including phenoxy) is 1. The molecule has 0 saturated heterocycles. The van der Waals surface area contributed by atoms with E-state index in [1.807, 2.05) is 6.20 Å². The first-order valence-corrected chi connectivity index (χ1v) is 9.95. The van der Waals surface area contributed by atoms with Crippen molar-refractivity contribution in [2.45, 2.75) is 77.9 Å². The summed E-state index contributed by atoms with van der Waals surface area (Å²) in [5.74, 6) is 3.06. The van der Waals surface area contributed by atoms with Gasteiger partial charge in [-0.25, -0.2) is 4.98 Å². The maximum atomic E-state index is 5.98. The smallest absolute Gasteiger partial charge is 0.213 e. The van der Waals surface area contributed by atoms with Gasteiger partial charge < -0.3 is 19.8 Å². The largest absolute Gasteiger partial charge is 0.443 e. The first kappa shape index (κ1) is 20.7. The molecule has 1 aromatic rings. The van der Waals surface area contributed by atoms with Crippen LogP contribution in [0.2, 0.25) is 0 Å². The molecule has 1 unspecified atom stereocenters. The molecule has 1 fully saturated rings. The van der Waals surface area contributed by atoms with Gasteiger partial charge in [-0.2, -0.15) is 0 Å². The number of nitrogens with one attached hydrogen (secondary N) is 2. The van der Waals surface area contributed by atoms with E-state index < -0.39 is 0 Å². The van der Waals surface area contributed by atoms with E-state index in [1.165, 1.54) is 25.7 Å². The lowest BCUT2D eigenvalue weighted by Gasteiger charge is -2.23. The highest BCUT2D eigenvalue weighted by Crippen LogP contribution is 2.30. The van der Waals surface area contributed by atoms with Gasteiger partial charge in [0.25, 0.3) is 0 Å². The lowest BCUT2D eigenvalue weighted by atomic mass is 9.94. The highest BCUT2D eigenvalue weighted by atomic mass is 16.5. The van der Waals surface area contributed by atoms with Crippen LogP contribution in [0.4, 0.5) is 0 Å². The summed E-state index contributed by atoms with van der Waals surface area (Å²) in [4.78, 5) is 8.63. The van der Waals surface area contributed by atoms with Crippen LogP contribution in [0.15, 0.2) is 15.6 Å². The Morgan fingerprint density at radius 2 is 2.08 bits per heavy atom. The molecule has 0 aliphatic heterocycles. The van der Waals surface area contributed by atoms with Crippen molar-refractivity contribution in [3.05, 3.63) is 17.8 Å². The van der Waals surface area contributed by atoms with Crippen molar-refractivity contribution < 1.29 is 9.15 Å². The third-order valence-electron chi connectivity index (χ3n) is 4.95. The van der Waals surface area contributed by atoms with E-state index in [0.29, 0.717) is 18.5 Å². The quantitative estimate of drug-likeness (QED) is 0.544. The van der Waals surface area contributed by atoms with E-state index in [2.05, 4.69) is 48.3 Å². The molecular weight excluding hydrogens is 328 g/mol. The standard InChI is InChI=1S/C20H36N4O2/c1-6-25-16(15-9-7-8-10-15)11-12-22-19(21-5)24-14-18-23-13-17(26-18)20(2,3)4/h13,15-16H,6-12,14H2,1-5H3,(H2,21,22,24). The predicted octanol–water partition coefficient (Wildman–Crippen LogP) is 3.62. The molecule has 1 heterocycles. The van der Waals surface area contributed by atoms with Crippen LogP contribution in [0, 0.1) is 5.92 Å². The molecule has 1 atom stereocenters. The SMILES string of the molecule is CCOC(CCNC(=NC)NCc1ncc(C(C)(C)C)o1)C1CCCC1. The van der Waals surface area contributed by atoms with Crippen LogP contribution < -0.4 is 10.6 Å². The summed E-state index contributed by atoms with van der Waals surface area (Å²) < 4.78 is 11.8. The lowest BCUT2D eigenvalue weighted by Crippen LogP contribution is -2.39. The van der Waals surface area contributed by atoms with Gasteiger partial charge in [0.2, 0.25) is 5.89 Å². The molecule has 0 radical (unpaired) electrons. The van der Waals surface area contributed by atoms with Crippen molar-refractivity contribution in [2.75, 3.05) is 20.2 Å². The van der Waals surface area contributed by atoms with Crippen LogP contribution >= 0.6 is 0 Å². The van der Waals surface area contributed by atoms with Crippen LogP contribution in [-0.2, 0) is 16.7 Å². The van der Waals surface area contributed by atoms with E-state index in [4.69, 9.17) is 9.15 Å². The molecule has 2 N–H and O–H groups in total. The van der Waals surface area contributed by atoms with Crippen molar-refractivity contribution in [3.63, 3.8) is 0 Å². The van der Waals surface area contributed by atoms with E-state index in [-0.39, 0.29) is 5.41 Å². The molecule has 0 amide bonds. The van der Waals surface area contributed by atoms with Gasteiger partial charge in [-0.3, -0.25) is 4.99 Å². The van der Waals surface area contributed by atoms with E-state index in [1.54, 1.807) is 7.05 Å². The second kappa shape index (κ2) is 9.95. The predicted molar refractivity (Wildman–Crippen MR) is 105 cm³/mol. The summed E-state index contributed by atoms with van der Waals surface area (Å²) in [5, 5.41) is 6.65. The molecule has 6 heteroatoms. The van der Waals surface area contributed by atoms with Crippen LogP contribution in [0.5, 0.6) is 0 Å². The third kappa shape index (κ3) is 6.31. The second-order valence-electron chi connectivity index (χ2n) is 8.05. The molecule has 6 nitrogen and oxygen atoms in total. The van der Waals surface area contributed by atoms with Crippen molar-refractivity contribution in [1.29, 1.82) is 0 Å². The first-order valence-electron chi connectivity index (χ1n) is 9.95. The topological polar surface area (TPSA) is 71.7 Å². The summed E-state index contributed by atoms with van der Waals surface area (Å²) in [7, 11) is 1.78. The van der Waals surface area contributed by atoms with Gasteiger partial charge in [-0.05, 0) is 32.1 Å². The maximum Gasteiger partial charge on any atom is 0.213 e.